The summed E-state index contributed by atoms with van der Waals surface area (Å²) in [5.74, 6) is -1.03. The van der Waals surface area contributed by atoms with Gasteiger partial charge in [-0.3, -0.25) is 4.79 Å². The number of nitrogens with zero attached hydrogens (tertiary/aromatic N) is 1. The minimum Gasteiger partial charge on any atom is -0.273 e. The van der Waals surface area contributed by atoms with E-state index in [1.807, 2.05) is 30.3 Å². The number of hydrogen-bond donors (Lipinski definition) is 0. The topological polar surface area (TPSA) is 54.5 Å². The van der Waals surface area contributed by atoms with Crippen molar-refractivity contribution >= 4 is 21.6 Å². The molecule has 0 radical (unpaired) electrons. The van der Waals surface area contributed by atoms with E-state index in [2.05, 4.69) is 0 Å². The van der Waals surface area contributed by atoms with E-state index in [0.29, 0.717) is 11.3 Å². The van der Waals surface area contributed by atoms with Crippen LogP contribution in [-0.4, -0.2) is 14.3 Å². The van der Waals surface area contributed by atoms with Crippen LogP contribution in [0.3, 0.4) is 0 Å². The number of sulfonamides is 1. The van der Waals surface area contributed by atoms with Crippen molar-refractivity contribution in [3.05, 3.63) is 65.7 Å². The highest BCUT2D eigenvalue weighted by Crippen LogP contribution is 2.35. The van der Waals surface area contributed by atoms with E-state index in [1.165, 1.54) is 0 Å². The predicted octanol–water partition coefficient (Wildman–Crippen LogP) is 2.67. The van der Waals surface area contributed by atoms with Crippen molar-refractivity contribution in [3.63, 3.8) is 0 Å². The Kier molecular flexibility index (Phi) is 3.29. The summed E-state index contributed by atoms with van der Waals surface area (Å²) in [6.45, 7) is 1.73. The van der Waals surface area contributed by atoms with Gasteiger partial charge in [0.05, 0.1) is 17.4 Å². The molecular formula is C16H15NO3S. The summed E-state index contributed by atoms with van der Waals surface area (Å²) in [7, 11) is -3.61. The average molecular weight is 301 g/mol. The van der Waals surface area contributed by atoms with E-state index in [4.69, 9.17) is 0 Å². The number of carbonyl (C=O) groups is 1. The van der Waals surface area contributed by atoms with Gasteiger partial charge in [0.25, 0.3) is 0 Å². The molecule has 0 spiro atoms. The van der Waals surface area contributed by atoms with Gasteiger partial charge in [-0.2, -0.15) is 0 Å². The predicted molar refractivity (Wildman–Crippen MR) is 81.4 cm³/mol. The Labute approximate surface area is 124 Å². The van der Waals surface area contributed by atoms with Crippen LogP contribution in [0.1, 0.15) is 24.0 Å². The van der Waals surface area contributed by atoms with Crippen LogP contribution in [0.2, 0.25) is 0 Å². The lowest BCUT2D eigenvalue weighted by molar-refractivity contribution is -0.118. The Morgan fingerprint density at radius 2 is 1.67 bits per heavy atom. The molecule has 5 heteroatoms. The van der Waals surface area contributed by atoms with Crippen LogP contribution in [-0.2, 0) is 20.6 Å². The molecule has 0 saturated heterocycles. The average Bonchev–Trinajstić information content (AvgIpc) is 2.76. The molecule has 21 heavy (non-hydrogen) atoms. The highest BCUT2D eigenvalue weighted by molar-refractivity contribution is 7.93. The maximum absolute atomic E-state index is 12.7. The van der Waals surface area contributed by atoms with Crippen LogP contribution < -0.4 is 4.31 Å². The summed E-state index contributed by atoms with van der Waals surface area (Å²) < 4.78 is 25.6. The van der Waals surface area contributed by atoms with Crippen LogP contribution in [0.15, 0.2) is 54.6 Å². The van der Waals surface area contributed by atoms with E-state index in [0.717, 1.165) is 9.87 Å². The summed E-state index contributed by atoms with van der Waals surface area (Å²) in [6.07, 6.45) is 0. The normalized spacial score (nSPS) is 17.3. The van der Waals surface area contributed by atoms with Gasteiger partial charge in [-0.05, 0) is 24.1 Å². The second-order valence-corrected chi connectivity index (χ2v) is 6.94. The zero-order valence-electron chi connectivity index (χ0n) is 11.6. The molecule has 1 aliphatic rings. The monoisotopic (exact) mass is 301 g/mol. The Morgan fingerprint density at radius 1 is 1.05 bits per heavy atom. The van der Waals surface area contributed by atoms with Crippen molar-refractivity contribution in [1.29, 1.82) is 0 Å². The minimum atomic E-state index is -3.61. The molecule has 108 valence electrons. The molecule has 0 saturated carbocycles. The third-order valence-corrected chi connectivity index (χ3v) is 5.31. The zero-order valence-corrected chi connectivity index (χ0v) is 12.4. The Bertz CT molecular complexity index is 784. The summed E-state index contributed by atoms with van der Waals surface area (Å²) in [4.78, 5) is 12.7. The zero-order chi connectivity index (χ0) is 15.0. The first-order valence-electron chi connectivity index (χ1n) is 6.70. The lowest BCUT2D eigenvalue weighted by Gasteiger charge is -2.20. The maximum Gasteiger partial charge on any atom is 0.248 e. The van der Waals surface area contributed by atoms with Crippen LogP contribution in [0, 0.1) is 0 Å². The number of hydrogen-bond acceptors (Lipinski definition) is 3. The van der Waals surface area contributed by atoms with Gasteiger partial charge in [-0.1, -0.05) is 48.5 Å². The van der Waals surface area contributed by atoms with Crippen molar-refractivity contribution in [2.45, 2.75) is 18.6 Å². The molecule has 1 amide bonds. The molecule has 1 aliphatic heterocycles. The fourth-order valence-electron chi connectivity index (χ4n) is 2.56. The van der Waals surface area contributed by atoms with Crippen LogP contribution in [0.5, 0.6) is 0 Å². The third kappa shape index (κ3) is 2.34. The molecule has 3 rings (SSSR count). The molecule has 1 atom stereocenters. The summed E-state index contributed by atoms with van der Waals surface area (Å²) in [6, 6.07) is 16.1. The number of amides is 1. The molecule has 1 heterocycles. The second kappa shape index (κ2) is 5.00. The van der Waals surface area contributed by atoms with Crippen LogP contribution in [0.25, 0.3) is 0 Å². The minimum absolute atomic E-state index is 0.115. The van der Waals surface area contributed by atoms with Crippen molar-refractivity contribution in [1.82, 2.24) is 0 Å². The van der Waals surface area contributed by atoms with Gasteiger partial charge < -0.3 is 0 Å². The van der Waals surface area contributed by atoms with Gasteiger partial charge >= 0.3 is 0 Å². The first-order valence-corrected chi connectivity index (χ1v) is 8.31. The second-order valence-electron chi connectivity index (χ2n) is 5.12. The van der Waals surface area contributed by atoms with E-state index in [1.54, 1.807) is 31.2 Å². The van der Waals surface area contributed by atoms with Gasteiger partial charge in [-0.15, -0.1) is 0 Å². The number of rotatable bonds is 2. The van der Waals surface area contributed by atoms with Gasteiger partial charge in [0.1, 0.15) is 0 Å². The van der Waals surface area contributed by atoms with Crippen molar-refractivity contribution in [2.75, 3.05) is 4.31 Å². The Balaban J connectivity index is 2.01. The molecule has 0 N–H and O–H groups in total. The number of anilines is 1. The van der Waals surface area contributed by atoms with E-state index >= 15 is 0 Å². The lowest BCUT2D eigenvalue weighted by Crippen LogP contribution is -2.36. The molecule has 0 aliphatic carbocycles. The first kappa shape index (κ1) is 13.8. The number of benzene rings is 2. The molecule has 4 nitrogen and oxygen atoms in total. The highest BCUT2D eigenvalue weighted by Gasteiger charge is 2.39. The molecule has 0 fully saturated rings. The Morgan fingerprint density at radius 3 is 2.38 bits per heavy atom. The fraction of sp³-hybridized carbons (Fsp3) is 0.188. The summed E-state index contributed by atoms with van der Waals surface area (Å²) in [5, 5.41) is 0. The molecule has 2 aromatic carbocycles. The lowest BCUT2D eigenvalue weighted by atomic mass is 10.0. The van der Waals surface area contributed by atoms with E-state index in [-0.39, 0.29) is 5.75 Å². The molecule has 0 bridgehead atoms. The largest absolute Gasteiger partial charge is 0.273 e. The summed E-state index contributed by atoms with van der Waals surface area (Å²) in [5.41, 5.74) is 1.96. The first-order chi connectivity index (χ1) is 10.0. The molecule has 0 aromatic heterocycles. The highest BCUT2D eigenvalue weighted by atomic mass is 32.2. The maximum atomic E-state index is 12.7. The van der Waals surface area contributed by atoms with Gasteiger partial charge in [0.15, 0.2) is 0 Å². The Hall–Kier alpha value is -2.14. The number of carbonyl (C=O) groups excluding carboxylic acids is 1. The van der Waals surface area contributed by atoms with Gasteiger partial charge in [0, 0.05) is 0 Å². The van der Waals surface area contributed by atoms with Crippen molar-refractivity contribution in [3.8, 4) is 0 Å². The van der Waals surface area contributed by atoms with Gasteiger partial charge in [-0.25, -0.2) is 12.7 Å². The van der Waals surface area contributed by atoms with Crippen molar-refractivity contribution in [2.24, 2.45) is 0 Å². The SMILES string of the molecule is CC(C(=O)N1c2ccccc2CS1(=O)=O)c1ccccc1. The molecule has 1 unspecified atom stereocenters. The van der Waals surface area contributed by atoms with Gasteiger partial charge in [0.2, 0.25) is 15.9 Å². The molecule has 2 aromatic rings. The van der Waals surface area contributed by atoms with E-state index in [9.17, 15) is 13.2 Å². The summed E-state index contributed by atoms with van der Waals surface area (Å²) >= 11 is 0. The third-order valence-electron chi connectivity index (χ3n) is 3.70. The fourth-order valence-corrected chi connectivity index (χ4v) is 4.23. The van der Waals surface area contributed by atoms with E-state index < -0.39 is 21.8 Å². The van der Waals surface area contributed by atoms with Crippen LogP contribution >= 0.6 is 0 Å². The standard InChI is InChI=1S/C16H15NO3S/c1-12(13-7-3-2-4-8-13)16(18)17-15-10-6-5-9-14(15)11-21(17,19)20/h2-10,12H,11H2,1H3. The number of fused-ring (bicyclic) bond motifs is 1. The quantitative estimate of drug-likeness (QED) is 0.857. The smallest absolute Gasteiger partial charge is 0.248 e. The van der Waals surface area contributed by atoms with Crippen molar-refractivity contribution < 1.29 is 13.2 Å². The molecular weight excluding hydrogens is 286 g/mol. The van der Waals surface area contributed by atoms with Crippen LogP contribution in [0.4, 0.5) is 5.69 Å². The number of para-hydroxylation sites is 1.